The van der Waals surface area contributed by atoms with Crippen molar-refractivity contribution in [1.29, 1.82) is 0 Å². The van der Waals surface area contributed by atoms with E-state index in [2.05, 4.69) is 46.5 Å². The second kappa shape index (κ2) is 12.9. The predicted octanol–water partition coefficient (Wildman–Crippen LogP) is 5.95. The molecular weight excluding hydrogens is 497 g/mol. The number of hydrazine groups is 1. The van der Waals surface area contributed by atoms with Crippen molar-refractivity contribution in [1.82, 2.24) is 10.0 Å². The number of nitrogens with zero attached hydrogens (tertiary/aromatic N) is 2. The van der Waals surface area contributed by atoms with Crippen LogP contribution < -0.4 is 0 Å². The Morgan fingerprint density at radius 3 is 2.77 bits per heavy atom. The summed E-state index contributed by atoms with van der Waals surface area (Å²) >= 11 is 4.47. The monoisotopic (exact) mass is 524 g/mol. The van der Waals surface area contributed by atoms with Crippen molar-refractivity contribution in [2.45, 2.75) is 25.7 Å². The van der Waals surface area contributed by atoms with Gasteiger partial charge in [0, 0.05) is 53.2 Å². The molecule has 1 amide bonds. The fraction of sp³-hybridized carbons (Fsp3) is 0.333. The Bertz CT molecular complexity index is 1190. The second-order valence-corrected chi connectivity index (χ2v) is 11.1. The highest BCUT2D eigenvalue weighted by Crippen LogP contribution is 2.22. The minimum Gasteiger partial charge on any atom is -0.465 e. The smallest absolute Gasteiger partial charge is 0.348 e. The first-order valence-corrected chi connectivity index (χ1v) is 14.4. The maximum atomic E-state index is 12.6. The molecule has 0 aliphatic carbocycles. The Labute approximate surface area is 219 Å². The van der Waals surface area contributed by atoms with Gasteiger partial charge in [-0.1, -0.05) is 35.7 Å². The van der Waals surface area contributed by atoms with E-state index < -0.39 is 0 Å². The van der Waals surface area contributed by atoms with Gasteiger partial charge in [-0.3, -0.25) is 9.80 Å². The van der Waals surface area contributed by atoms with Gasteiger partial charge >= 0.3 is 5.97 Å². The molecule has 0 bridgehead atoms. The molecule has 8 heteroatoms. The lowest BCUT2D eigenvalue weighted by molar-refractivity contribution is 0.0270. The van der Waals surface area contributed by atoms with E-state index in [1.165, 1.54) is 35.8 Å². The molecule has 182 valence electrons. The number of unbranched alkanes of at least 4 members (excludes halogenated alkanes) is 1. The third kappa shape index (κ3) is 7.45. The molecule has 0 unspecified atom stereocenters. The fourth-order valence-electron chi connectivity index (χ4n) is 3.86. The van der Waals surface area contributed by atoms with E-state index in [-0.39, 0.29) is 11.2 Å². The molecule has 0 radical (unpaired) electrons. The molecule has 0 spiro atoms. The minimum atomic E-state index is -0.312. The summed E-state index contributed by atoms with van der Waals surface area (Å²) in [6.45, 7) is 2.36. The van der Waals surface area contributed by atoms with Gasteiger partial charge in [-0.05, 0) is 60.5 Å². The normalized spacial score (nSPS) is 14.0. The Morgan fingerprint density at radius 2 is 1.94 bits per heavy atom. The zero-order valence-corrected chi connectivity index (χ0v) is 22.1. The number of thioether (sulfide) groups is 1. The van der Waals surface area contributed by atoms with Crippen LogP contribution in [-0.4, -0.2) is 53.7 Å². The number of aryl methyl sites for hydroxylation is 1. The van der Waals surface area contributed by atoms with Crippen molar-refractivity contribution in [3.05, 3.63) is 79.7 Å². The van der Waals surface area contributed by atoms with E-state index in [1.54, 1.807) is 17.4 Å². The molecule has 5 nitrogen and oxygen atoms in total. The number of hydrogen-bond acceptors (Lipinski definition) is 7. The molecule has 1 aliphatic heterocycles. The SMILES string of the molecule is COC(=O)c1ccc(CCN2C(=O)SCCN2CCCCc2cccc(C#Cc3ccsc3)c2)s1. The number of amides is 1. The number of carbonyl (C=O) groups excluding carboxylic acids is 2. The quantitative estimate of drug-likeness (QED) is 0.197. The van der Waals surface area contributed by atoms with Crippen molar-refractivity contribution < 1.29 is 14.3 Å². The molecule has 0 N–H and O–H groups in total. The third-order valence-corrected chi connectivity index (χ3v) is 8.33. The second-order valence-electron chi connectivity index (χ2n) is 8.12. The van der Waals surface area contributed by atoms with Gasteiger partial charge < -0.3 is 4.74 Å². The summed E-state index contributed by atoms with van der Waals surface area (Å²) < 4.78 is 4.79. The topological polar surface area (TPSA) is 49.9 Å². The van der Waals surface area contributed by atoms with Gasteiger partial charge in [0.2, 0.25) is 0 Å². The van der Waals surface area contributed by atoms with Crippen LogP contribution in [0.25, 0.3) is 0 Å². The first-order valence-electron chi connectivity index (χ1n) is 11.6. The zero-order valence-electron chi connectivity index (χ0n) is 19.7. The maximum absolute atomic E-state index is 12.6. The molecule has 0 atom stereocenters. The van der Waals surface area contributed by atoms with Crippen LogP contribution in [0.5, 0.6) is 0 Å². The minimum absolute atomic E-state index is 0.109. The van der Waals surface area contributed by atoms with E-state index in [4.69, 9.17) is 4.74 Å². The highest BCUT2D eigenvalue weighted by atomic mass is 32.2. The maximum Gasteiger partial charge on any atom is 0.348 e. The van der Waals surface area contributed by atoms with Crippen LogP contribution in [0.1, 0.15) is 44.1 Å². The van der Waals surface area contributed by atoms with Gasteiger partial charge in [0.15, 0.2) is 0 Å². The number of methoxy groups -OCH3 is 1. The average Bonchev–Trinajstić information content (AvgIpc) is 3.57. The Morgan fingerprint density at radius 1 is 1.06 bits per heavy atom. The van der Waals surface area contributed by atoms with Gasteiger partial charge in [-0.25, -0.2) is 9.80 Å². The first-order chi connectivity index (χ1) is 17.1. The van der Waals surface area contributed by atoms with Crippen molar-refractivity contribution in [2.75, 3.05) is 32.5 Å². The van der Waals surface area contributed by atoms with Gasteiger partial charge in [-0.2, -0.15) is 11.3 Å². The number of rotatable bonds is 9. The standard InChI is InChI=1S/C27H28N2O3S3/c1-32-26(30)25-11-10-24(35-25)12-15-29-27(31)34-18-16-28(29)14-3-2-5-21-6-4-7-22(19-21)8-9-23-13-17-33-20-23/h4,6-7,10-11,13,17,19-20H,2-3,5,12,14-16,18H2,1H3. The van der Waals surface area contributed by atoms with Crippen molar-refractivity contribution >= 4 is 45.6 Å². The number of benzene rings is 1. The summed E-state index contributed by atoms with van der Waals surface area (Å²) in [6.07, 6.45) is 3.80. The number of ether oxygens (including phenoxy) is 1. The van der Waals surface area contributed by atoms with Crippen LogP contribution in [0.4, 0.5) is 4.79 Å². The van der Waals surface area contributed by atoms with Crippen LogP contribution >= 0.6 is 34.4 Å². The van der Waals surface area contributed by atoms with Crippen LogP contribution in [0.15, 0.2) is 53.2 Å². The summed E-state index contributed by atoms with van der Waals surface area (Å²) in [6, 6.07) is 14.2. The number of thiophene rings is 2. The van der Waals surface area contributed by atoms with Crippen LogP contribution in [-0.2, 0) is 17.6 Å². The van der Waals surface area contributed by atoms with E-state index >= 15 is 0 Å². The molecule has 3 heterocycles. The van der Waals surface area contributed by atoms with Gasteiger partial charge in [0.1, 0.15) is 4.88 Å². The van der Waals surface area contributed by atoms with Crippen LogP contribution in [0.3, 0.4) is 0 Å². The molecule has 1 saturated heterocycles. The van der Waals surface area contributed by atoms with E-state index in [0.717, 1.165) is 60.5 Å². The van der Waals surface area contributed by atoms with Crippen molar-refractivity contribution in [3.8, 4) is 11.8 Å². The largest absolute Gasteiger partial charge is 0.465 e. The number of esters is 1. The first kappa shape index (κ1) is 25.5. The molecule has 4 rings (SSSR count). The Hall–Kier alpha value is -2.57. The van der Waals surface area contributed by atoms with Crippen LogP contribution in [0, 0.1) is 11.8 Å². The summed E-state index contributed by atoms with van der Waals surface area (Å²) in [5, 5.41) is 8.28. The summed E-state index contributed by atoms with van der Waals surface area (Å²) in [4.78, 5) is 26.0. The molecule has 0 saturated carbocycles. The van der Waals surface area contributed by atoms with Gasteiger partial charge in [-0.15, -0.1) is 11.3 Å². The predicted molar refractivity (Wildman–Crippen MR) is 145 cm³/mol. The number of hydrogen-bond donors (Lipinski definition) is 0. The lowest BCUT2D eigenvalue weighted by Gasteiger charge is -2.38. The van der Waals surface area contributed by atoms with E-state index in [0.29, 0.717) is 11.4 Å². The lowest BCUT2D eigenvalue weighted by Crippen LogP contribution is -2.50. The molecular formula is C27H28N2O3S3. The highest BCUT2D eigenvalue weighted by molar-refractivity contribution is 8.13. The Kier molecular flexibility index (Phi) is 9.43. The molecule has 3 aromatic rings. The Balaban J connectivity index is 1.25. The third-order valence-electron chi connectivity index (χ3n) is 5.68. The summed E-state index contributed by atoms with van der Waals surface area (Å²) in [5.74, 6) is 6.98. The molecule has 1 aromatic carbocycles. The highest BCUT2D eigenvalue weighted by Gasteiger charge is 2.26. The average molecular weight is 525 g/mol. The van der Waals surface area contributed by atoms with Crippen LogP contribution in [0.2, 0.25) is 0 Å². The number of carbonyl (C=O) groups is 2. The molecule has 2 aromatic heterocycles. The zero-order chi connectivity index (χ0) is 24.5. The lowest BCUT2D eigenvalue weighted by atomic mass is 10.1. The van der Waals surface area contributed by atoms with Gasteiger partial charge in [0.05, 0.1) is 7.11 Å². The molecule has 35 heavy (non-hydrogen) atoms. The van der Waals surface area contributed by atoms with Gasteiger partial charge in [0.25, 0.3) is 5.24 Å². The molecule has 1 fully saturated rings. The summed E-state index contributed by atoms with van der Waals surface area (Å²) in [5.41, 5.74) is 3.40. The van der Waals surface area contributed by atoms with E-state index in [9.17, 15) is 9.59 Å². The van der Waals surface area contributed by atoms with E-state index in [1.807, 2.05) is 22.5 Å². The van der Waals surface area contributed by atoms with Crippen molar-refractivity contribution in [3.63, 3.8) is 0 Å². The van der Waals surface area contributed by atoms with Crippen molar-refractivity contribution in [2.24, 2.45) is 0 Å². The fourth-order valence-corrected chi connectivity index (χ4v) is 6.20. The molecule has 1 aliphatic rings. The summed E-state index contributed by atoms with van der Waals surface area (Å²) in [7, 11) is 1.39.